The van der Waals surface area contributed by atoms with Crippen LogP contribution in [-0.4, -0.2) is 105 Å². The van der Waals surface area contributed by atoms with Gasteiger partial charge >= 0.3 is 11.9 Å². The zero-order valence-electron chi connectivity index (χ0n) is 29.3. The summed E-state index contributed by atoms with van der Waals surface area (Å²) in [7, 11) is 1.84. The summed E-state index contributed by atoms with van der Waals surface area (Å²) in [6, 6.07) is -8.23. The lowest BCUT2D eigenvalue weighted by Gasteiger charge is -2.24. The number of carbonyl (C=O) groups excluding carboxylic acids is 6. The fourth-order valence-corrected chi connectivity index (χ4v) is 6.10. The highest BCUT2D eigenvalue weighted by molar-refractivity contribution is 8.76. The van der Waals surface area contributed by atoms with Crippen molar-refractivity contribution >= 4 is 69.1 Å². The van der Waals surface area contributed by atoms with E-state index >= 15 is 0 Å². The van der Waals surface area contributed by atoms with Gasteiger partial charge in [-0.15, -0.1) is 0 Å². The van der Waals surface area contributed by atoms with E-state index in [1.165, 1.54) is 27.7 Å². The van der Waals surface area contributed by atoms with Crippen molar-refractivity contribution in [2.24, 2.45) is 11.8 Å². The average molecular weight is 727 g/mol. The molecule has 0 radical (unpaired) electrons. The quantitative estimate of drug-likeness (QED) is 0.0322. The fourth-order valence-electron chi connectivity index (χ4n) is 3.78. The molecule has 0 heterocycles. The van der Waals surface area contributed by atoms with Crippen LogP contribution in [0, 0.1) is 11.8 Å². The van der Waals surface area contributed by atoms with E-state index in [0.717, 1.165) is 21.6 Å². The Bertz CT molecular complexity index is 1140. The number of quaternary nitrogens is 2. The van der Waals surface area contributed by atoms with E-state index in [1.807, 2.05) is 0 Å². The molecule has 0 saturated carbocycles. The number of carboxylic acid groups (broad SMARTS) is 4. The maximum absolute atomic E-state index is 13.1. The monoisotopic (exact) mass is 726 g/mol. The molecule has 0 aliphatic carbocycles. The summed E-state index contributed by atoms with van der Waals surface area (Å²) in [5.41, 5.74) is 6.79. The minimum Gasteiger partial charge on any atom is -0.544 e. The smallest absolute Gasteiger partial charge is 0.326 e. The Hall–Kier alpha value is -3.62. The van der Waals surface area contributed by atoms with Crippen LogP contribution in [0.15, 0.2) is 0 Å². The van der Waals surface area contributed by atoms with E-state index in [9.17, 15) is 58.8 Å². The average Bonchev–Trinajstić information content (AvgIpc) is 2.97. The lowest BCUT2D eigenvalue weighted by Crippen LogP contribution is -2.68. The van der Waals surface area contributed by atoms with Crippen LogP contribution in [0.3, 0.4) is 0 Å². The third-order valence-electron chi connectivity index (χ3n) is 6.66. The van der Waals surface area contributed by atoms with Crippen LogP contribution in [-0.2, 0) is 38.4 Å². The summed E-state index contributed by atoms with van der Waals surface area (Å²) in [6.07, 6.45) is -0.256. The summed E-state index contributed by atoms with van der Waals surface area (Å²) in [4.78, 5) is 96.8. The molecule has 12 N–H and O–H groups in total. The summed E-state index contributed by atoms with van der Waals surface area (Å²) in [6.45, 7) is 5.03. The number of amides is 4. The van der Waals surface area contributed by atoms with E-state index in [0.29, 0.717) is 0 Å². The topological polar surface area (TPSA) is 327 Å². The van der Waals surface area contributed by atoms with Crippen LogP contribution in [0.5, 0.6) is 0 Å². The van der Waals surface area contributed by atoms with E-state index in [2.05, 4.69) is 32.7 Å². The first-order valence-electron chi connectivity index (χ1n) is 15.9. The van der Waals surface area contributed by atoms with Gasteiger partial charge in [-0.25, -0.2) is 9.59 Å². The van der Waals surface area contributed by atoms with Gasteiger partial charge in [-0.2, -0.15) is 0 Å². The van der Waals surface area contributed by atoms with Crippen molar-refractivity contribution in [2.75, 3.05) is 11.5 Å². The second-order valence-electron chi connectivity index (χ2n) is 11.3. The zero-order valence-corrected chi connectivity index (χ0v) is 29.0. The van der Waals surface area contributed by atoms with Crippen LogP contribution < -0.4 is 42.9 Å². The number of hydrogen-bond donors (Lipinski definition) is 8. The van der Waals surface area contributed by atoms with Crippen molar-refractivity contribution < 1.29 is 73.0 Å². The van der Waals surface area contributed by atoms with Crippen molar-refractivity contribution in [1.29, 1.82) is 0 Å². The maximum atomic E-state index is 13.1. The molecule has 4 amide bonds. The van der Waals surface area contributed by atoms with Crippen molar-refractivity contribution in [3.8, 4) is 0 Å². The van der Waals surface area contributed by atoms with Gasteiger partial charge in [-0.05, 0) is 24.6 Å². The van der Waals surface area contributed by atoms with E-state index in [-0.39, 0.29) is 50.0 Å². The lowest BCUT2D eigenvalue weighted by atomic mass is 10.0. The minimum absolute atomic E-state index is 0.00727. The first-order valence-corrected chi connectivity index (χ1v) is 17.3. The van der Waals surface area contributed by atoms with E-state index < -0.39 is 95.5 Å². The van der Waals surface area contributed by atoms with Gasteiger partial charge in [0.2, 0.25) is 23.6 Å². The Balaban J connectivity index is 5.85. The highest BCUT2D eigenvalue weighted by Gasteiger charge is 2.31. The molecule has 0 aliphatic heterocycles. The Morgan fingerprint density at radius 2 is 0.958 bits per heavy atom. The molecule has 0 fully saturated rings. The number of aliphatic carboxylic acids is 4. The second-order valence-corrected chi connectivity index (χ2v) is 13.9. The van der Waals surface area contributed by atoms with Crippen LogP contribution in [0.2, 0.25) is 0 Å². The largest absolute Gasteiger partial charge is 0.544 e. The van der Waals surface area contributed by atoms with Gasteiger partial charge in [0, 0.05) is 39.9 Å². The second kappa shape index (κ2) is 22.9. The SMILES string of the molecule is [2H]C(C)(C)[C@@H](NC(=O)[C@H](CSSC[C@H](NC(=O)CCC[C@H]([NH3+])C(=O)[O-])C(=O)N[C@@H](C(=O)O)C([2H])(C)C)NC(=O)CCC[C@H]([NH3+])C(=O)[O-])C(=O)O. The molecule has 0 spiro atoms. The molecule has 0 aliphatic rings. The first-order chi connectivity index (χ1) is 22.9. The van der Waals surface area contributed by atoms with Crippen LogP contribution >= 0.6 is 21.6 Å². The Kier molecular flexibility index (Phi) is 19.3. The molecule has 6 atom stereocenters. The summed E-state index contributed by atoms with van der Waals surface area (Å²) in [5, 5.41) is 50.2. The third-order valence-corrected chi connectivity index (χ3v) is 9.08. The molecule has 18 nitrogen and oxygen atoms in total. The molecular formula is C28H48N6O12S2. The van der Waals surface area contributed by atoms with Crippen LogP contribution in [0.25, 0.3) is 0 Å². The van der Waals surface area contributed by atoms with E-state index in [1.54, 1.807) is 0 Å². The van der Waals surface area contributed by atoms with Gasteiger partial charge < -0.3 is 62.7 Å². The van der Waals surface area contributed by atoms with Gasteiger partial charge in [0.25, 0.3) is 0 Å². The van der Waals surface area contributed by atoms with Gasteiger partial charge in [0.15, 0.2) is 0 Å². The highest BCUT2D eigenvalue weighted by Crippen LogP contribution is 2.24. The van der Waals surface area contributed by atoms with Crippen molar-refractivity contribution in [2.45, 2.75) is 102 Å². The first kappa shape index (κ1) is 40.6. The zero-order chi connectivity index (χ0) is 39.0. The predicted octanol–water partition coefficient (Wildman–Crippen LogP) is -5.15. The van der Waals surface area contributed by atoms with Crippen molar-refractivity contribution in [3.63, 3.8) is 0 Å². The maximum Gasteiger partial charge on any atom is 0.326 e. The molecule has 0 saturated heterocycles. The van der Waals surface area contributed by atoms with Gasteiger partial charge in [0.1, 0.15) is 36.3 Å². The van der Waals surface area contributed by atoms with E-state index in [4.69, 9.17) is 2.74 Å². The Labute approximate surface area is 288 Å². The number of carboxylic acids is 4. The Morgan fingerprint density at radius 3 is 1.21 bits per heavy atom. The third kappa shape index (κ3) is 18.1. The molecule has 20 heteroatoms. The molecule has 48 heavy (non-hydrogen) atoms. The molecule has 0 unspecified atom stereocenters. The summed E-state index contributed by atoms with van der Waals surface area (Å²) >= 11 is 0. The summed E-state index contributed by atoms with van der Waals surface area (Å²) in [5.74, 6) is -12.8. The molecule has 0 rings (SSSR count). The molecule has 0 aromatic heterocycles. The molecule has 0 aromatic rings. The number of rotatable bonds is 25. The predicted molar refractivity (Wildman–Crippen MR) is 169 cm³/mol. The molecule has 0 bridgehead atoms. The number of carbonyl (C=O) groups is 8. The van der Waals surface area contributed by atoms with Gasteiger partial charge in [0.05, 0.1) is 11.9 Å². The van der Waals surface area contributed by atoms with Crippen LogP contribution in [0.1, 0.15) is 69.0 Å². The van der Waals surface area contributed by atoms with Gasteiger partial charge in [-0.3, -0.25) is 19.2 Å². The molecule has 274 valence electrons. The fraction of sp³-hybridized carbons (Fsp3) is 0.714. The molecular weight excluding hydrogens is 676 g/mol. The van der Waals surface area contributed by atoms with Gasteiger partial charge in [-0.1, -0.05) is 49.3 Å². The van der Waals surface area contributed by atoms with Crippen molar-refractivity contribution in [1.82, 2.24) is 21.3 Å². The van der Waals surface area contributed by atoms with Crippen LogP contribution in [0.4, 0.5) is 0 Å². The minimum atomic E-state index is -1.67. The standard InChI is InChI=1S/C28H48N6O12S2/c1-13(2)21(27(43)44)33-23(37)17(31-19(35)9-5-7-15(29)25(39)40)11-47-48-12-18(24(38)34-22(14(3)4)28(45)46)32-20(36)10-6-8-16(30)26(41)42/h13-18,21-22H,5-12,29-30H2,1-4H3,(H,31,35)(H,32,36)(H,33,37)(H,34,38)(H,39,40)(H,41,42)(H,43,44)(H,45,46)/t15-,16-,17-,18-,21+,22+/m0/s1/i13D,14D. The number of nitrogens with one attached hydrogen (secondary N) is 4. The van der Waals surface area contributed by atoms with Crippen molar-refractivity contribution in [3.05, 3.63) is 0 Å². The molecule has 0 aromatic carbocycles. The summed E-state index contributed by atoms with van der Waals surface area (Å²) < 4.78 is 16.1. The normalized spacial score (nSPS) is 16.0. The Morgan fingerprint density at radius 1 is 0.646 bits per heavy atom. The highest BCUT2D eigenvalue weighted by atomic mass is 33.1. The lowest BCUT2D eigenvalue weighted by molar-refractivity contribution is -0.438. The number of hydrogen-bond acceptors (Lipinski definition) is 12.